The van der Waals surface area contributed by atoms with Crippen LogP contribution in [0.5, 0.6) is 0 Å². The third kappa shape index (κ3) is 8.21. The summed E-state index contributed by atoms with van der Waals surface area (Å²) in [6, 6.07) is 12.5. The number of carbonyl (C=O) groups is 2. The number of carbonyl (C=O) groups excluding carboxylic acids is 2. The van der Waals surface area contributed by atoms with Crippen LogP contribution in [0.2, 0.25) is 0 Å². The van der Waals surface area contributed by atoms with E-state index in [4.69, 9.17) is 9.47 Å². The van der Waals surface area contributed by atoms with Crippen molar-refractivity contribution in [2.45, 2.75) is 76.1 Å². The Morgan fingerprint density at radius 2 is 1.83 bits per heavy atom. The van der Waals surface area contributed by atoms with E-state index in [2.05, 4.69) is 33.4 Å². The third-order valence-electron chi connectivity index (χ3n) is 8.61. The Hall–Kier alpha value is -3.20. The van der Waals surface area contributed by atoms with Gasteiger partial charge in [-0.15, -0.1) is 0 Å². The smallest absolute Gasteiger partial charge is 0.416 e. The third-order valence-corrected chi connectivity index (χ3v) is 8.61. The summed E-state index contributed by atoms with van der Waals surface area (Å²) in [4.78, 5) is 36.9. The van der Waals surface area contributed by atoms with E-state index in [9.17, 15) is 20.0 Å². The van der Waals surface area contributed by atoms with Gasteiger partial charge in [0.15, 0.2) is 0 Å². The maximum absolute atomic E-state index is 14.1. The van der Waals surface area contributed by atoms with Crippen LogP contribution < -0.4 is 5.32 Å². The zero-order valence-electron chi connectivity index (χ0n) is 25.1. The molecule has 1 atom stereocenters. The van der Waals surface area contributed by atoms with Crippen LogP contribution in [0.25, 0.3) is 0 Å². The van der Waals surface area contributed by atoms with Gasteiger partial charge in [0.2, 0.25) is 11.7 Å². The summed E-state index contributed by atoms with van der Waals surface area (Å²) in [6.07, 6.45) is 5.34. The molecule has 0 aromatic heterocycles. The van der Waals surface area contributed by atoms with Crippen molar-refractivity contribution in [1.82, 2.24) is 20.0 Å². The minimum atomic E-state index is -2.17. The van der Waals surface area contributed by atoms with E-state index in [0.29, 0.717) is 52.2 Å². The zero-order chi connectivity index (χ0) is 30.0. The number of benzene rings is 1. The average Bonchev–Trinajstić information content (AvgIpc) is 3.02. The highest BCUT2D eigenvalue weighted by Gasteiger charge is 2.46. The molecule has 1 aromatic rings. The first-order chi connectivity index (χ1) is 20.3. The van der Waals surface area contributed by atoms with Crippen molar-refractivity contribution in [2.75, 3.05) is 53.0 Å². The monoisotopic (exact) mass is 582 g/mol. The zero-order valence-corrected chi connectivity index (χ0v) is 25.1. The van der Waals surface area contributed by atoms with Crippen LogP contribution in [-0.2, 0) is 20.8 Å². The number of guanidine groups is 1. The number of nitriles is 1. The second-order valence-corrected chi connectivity index (χ2v) is 11.7. The van der Waals surface area contributed by atoms with E-state index in [1.54, 1.807) is 6.92 Å². The number of nitrogens with zero attached hydrogens (tertiary/aromatic N) is 5. The number of morpholine rings is 1. The van der Waals surface area contributed by atoms with Crippen molar-refractivity contribution < 1.29 is 24.2 Å². The fourth-order valence-electron chi connectivity index (χ4n) is 6.09. The van der Waals surface area contributed by atoms with Gasteiger partial charge in [0.25, 0.3) is 5.91 Å². The molecule has 2 saturated heterocycles. The van der Waals surface area contributed by atoms with Crippen LogP contribution in [0, 0.1) is 17.2 Å². The van der Waals surface area contributed by atoms with Crippen molar-refractivity contribution in [2.24, 2.45) is 10.9 Å². The first-order valence-electron chi connectivity index (χ1n) is 15.3. The molecule has 2 heterocycles. The van der Waals surface area contributed by atoms with Gasteiger partial charge in [-0.05, 0) is 31.2 Å². The molecule has 4 rings (SSSR count). The summed E-state index contributed by atoms with van der Waals surface area (Å²) in [6.45, 7) is 5.70. The molecule has 0 spiro atoms. The molecule has 0 bridgehead atoms. The lowest BCUT2D eigenvalue weighted by atomic mass is 9.82. The van der Waals surface area contributed by atoms with E-state index in [1.807, 2.05) is 23.1 Å². The Balaban J connectivity index is 1.58. The molecule has 11 nitrogen and oxygen atoms in total. The molecule has 2 amide bonds. The number of aliphatic hydroxyl groups is 1. The van der Waals surface area contributed by atoms with Crippen LogP contribution in [0.3, 0.4) is 0 Å². The number of ether oxygens (including phenoxy) is 2. The van der Waals surface area contributed by atoms with Gasteiger partial charge in [-0.1, -0.05) is 62.4 Å². The fourth-order valence-corrected chi connectivity index (χ4v) is 6.09. The van der Waals surface area contributed by atoms with Gasteiger partial charge in [0.1, 0.15) is 5.54 Å². The lowest BCUT2D eigenvalue weighted by molar-refractivity contribution is -0.143. The van der Waals surface area contributed by atoms with Crippen LogP contribution >= 0.6 is 0 Å². The number of amides is 2. The molecule has 3 aliphatic rings. The van der Waals surface area contributed by atoms with E-state index in [0.717, 1.165) is 38.6 Å². The Morgan fingerprint density at radius 3 is 2.45 bits per heavy atom. The van der Waals surface area contributed by atoms with E-state index in [-0.39, 0.29) is 24.9 Å². The largest absolute Gasteiger partial charge is 0.449 e. The minimum absolute atomic E-state index is 0.0999. The van der Waals surface area contributed by atoms with E-state index in [1.165, 1.54) is 17.5 Å². The van der Waals surface area contributed by atoms with Gasteiger partial charge in [-0.25, -0.2) is 9.79 Å². The van der Waals surface area contributed by atoms with Crippen molar-refractivity contribution in [3.8, 4) is 6.07 Å². The van der Waals surface area contributed by atoms with Crippen molar-refractivity contribution in [3.05, 3.63) is 35.9 Å². The number of nitrogens with one attached hydrogen (secondary N) is 1. The molecule has 1 saturated carbocycles. The first-order valence-corrected chi connectivity index (χ1v) is 15.3. The maximum atomic E-state index is 14.1. The molecule has 11 heteroatoms. The number of piperidine rings is 1. The van der Waals surface area contributed by atoms with Gasteiger partial charge in [-0.3, -0.25) is 14.6 Å². The predicted octanol–water partition coefficient (Wildman–Crippen LogP) is 3.10. The molecule has 3 fully saturated rings. The van der Waals surface area contributed by atoms with Crippen LogP contribution in [0.15, 0.2) is 35.3 Å². The molecule has 1 aliphatic carbocycles. The summed E-state index contributed by atoms with van der Waals surface area (Å²) in [5.74, 6) is -0.439. The molecular formula is C31H46N6O5. The number of likely N-dealkylation sites (tertiary alicyclic amines) is 1. The first kappa shape index (κ1) is 31.7. The van der Waals surface area contributed by atoms with Crippen molar-refractivity contribution in [3.63, 3.8) is 0 Å². The number of hydrogen-bond acceptors (Lipinski definition) is 8. The molecule has 42 heavy (non-hydrogen) atoms. The van der Waals surface area contributed by atoms with Crippen LogP contribution in [0.4, 0.5) is 4.79 Å². The second kappa shape index (κ2) is 14.8. The summed E-state index contributed by atoms with van der Waals surface area (Å²) in [7, 11) is 1.53. The van der Waals surface area contributed by atoms with Crippen molar-refractivity contribution >= 4 is 18.0 Å². The summed E-state index contributed by atoms with van der Waals surface area (Å²) < 4.78 is 10.7. The summed E-state index contributed by atoms with van der Waals surface area (Å²) in [5.41, 5.74) is -2.09. The number of rotatable bonds is 8. The second-order valence-electron chi connectivity index (χ2n) is 11.7. The maximum Gasteiger partial charge on any atom is 0.416 e. The quantitative estimate of drug-likeness (QED) is 0.353. The number of aliphatic imine (C=N–C) groups is 1. The lowest BCUT2D eigenvalue weighted by Gasteiger charge is -2.40. The highest BCUT2D eigenvalue weighted by molar-refractivity contribution is 5.96. The molecule has 1 aromatic carbocycles. The van der Waals surface area contributed by atoms with E-state index >= 15 is 0 Å². The van der Waals surface area contributed by atoms with Crippen LogP contribution in [-0.4, -0.2) is 102 Å². The molecular weight excluding hydrogens is 536 g/mol. The molecule has 2 N–H and O–H groups in total. The molecule has 0 radical (unpaired) electrons. The van der Waals surface area contributed by atoms with Gasteiger partial charge in [-0.2, -0.15) is 5.26 Å². The fraction of sp³-hybridized carbons (Fsp3) is 0.677. The summed E-state index contributed by atoms with van der Waals surface area (Å²) in [5, 5.41) is 25.3. The lowest BCUT2D eigenvalue weighted by Crippen LogP contribution is -2.60. The Bertz CT molecular complexity index is 1100. The molecule has 230 valence electrons. The van der Waals surface area contributed by atoms with Crippen LogP contribution in [0.1, 0.15) is 63.9 Å². The van der Waals surface area contributed by atoms with Gasteiger partial charge in [0.05, 0.1) is 25.9 Å². The SMILES string of the molecule is CCOC(=O)N(C)C(=NC(O)(CC1CCCCC1)C(=O)NC1(C#N)CCN(Cc2ccccc2)CC1)N1CCOCC1. The topological polar surface area (TPSA) is 131 Å². The Kier molecular flexibility index (Phi) is 11.2. The Morgan fingerprint density at radius 1 is 1.17 bits per heavy atom. The van der Waals surface area contributed by atoms with Gasteiger partial charge in [0, 0.05) is 46.2 Å². The highest BCUT2D eigenvalue weighted by atomic mass is 16.6. The molecule has 1 unspecified atom stereocenters. The highest BCUT2D eigenvalue weighted by Crippen LogP contribution is 2.33. The predicted molar refractivity (Wildman–Crippen MR) is 158 cm³/mol. The Labute approximate surface area is 249 Å². The standard InChI is InChI=1S/C31H46N6O5/c1-3-42-29(39)35(2)28(37-18-20-41-21-19-37)34-31(40,22-25-10-6-4-7-11-25)27(38)33-30(24-32)14-16-36(17-15-30)23-26-12-8-5-9-13-26/h5,8-9,12-13,25,40H,3-4,6-7,10-11,14-23H2,1-2H3,(H,33,38). The van der Waals surface area contributed by atoms with E-state index < -0.39 is 23.3 Å². The van der Waals surface area contributed by atoms with Crippen molar-refractivity contribution in [1.29, 1.82) is 5.26 Å². The summed E-state index contributed by atoms with van der Waals surface area (Å²) >= 11 is 0. The van der Waals surface area contributed by atoms with Gasteiger partial charge < -0.3 is 24.8 Å². The van der Waals surface area contributed by atoms with Gasteiger partial charge >= 0.3 is 6.09 Å². The molecule has 2 aliphatic heterocycles. The minimum Gasteiger partial charge on any atom is -0.449 e. The number of hydrogen-bond donors (Lipinski definition) is 2. The normalized spacial score (nSPS) is 21.6. The average molecular weight is 583 g/mol.